The fourth-order valence-electron chi connectivity index (χ4n) is 3.28. The van der Waals surface area contributed by atoms with Gasteiger partial charge in [0, 0.05) is 17.8 Å². The van der Waals surface area contributed by atoms with Crippen LogP contribution in [0.15, 0.2) is 48.7 Å². The van der Waals surface area contributed by atoms with Gasteiger partial charge in [-0.3, -0.25) is 9.78 Å². The summed E-state index contributed by atoms with van der Waals surface area (Å²) in [6.45, 7) is 0. The third-order valence-electron chi connectivity index (χ3n) is 4.33. The summed E-state index contributed by atoms with van der Waals surface area (Å²) in [7, 11) is 0. The van der Waals surface area contributed by atoms with Gasteiger partial charge in [-0.1, -0.05) is 36.4 Å². The van der Waals surface area contributed by atoms with E-state index in [4.69, 9.17) is 0 Å². The van der Waals surface area contributed by atoms with E-state index in [9.17, 15) is 9.90 Å². The van der Waals surface area contributed by atoms with Crippen molar-refractivity contribution < 1.29 is 9.90 Å². The minimum Gasteiger partial charge on any atom is -0.481 e. The monoisotopic (exact) mass is 281 g/mol. The number of nitrogens with zero attached hydrogens (tertiary/aromatic N) is 1. The molecule has 0 fully saturated rings. The first-order valence-electron chi connectivity index (χ1n) is 7.47. The summed E-state index contributed by atoms with van der Waals surface area (Å²) in [4.78, 5) is 16.2. The molecule has 2 unspecified atom stereocenters. The van der Waals surface area contributed by atoms with Gasteiger partial charge in [-0.2, -0.15) is 0 Å². The number of pyridine rings is 1. The molecule has 21 heavy (non-hydrogen) atoms. The van der Waals surface area contributed by atoms with E-state index in [-0.39, 0.29) is 5.92 Å². The molecule has 0 radical (unpaired) electrons. The number of benzene rings is 1. The van der Waals surface area contributed by atoms with Gasteiger partial charge < -0.3 is 5.11 Å². The molecule has 1 N–H and O–H groups in total. The van der Waals surface area contributed by atoms with E-state index in [1.807, 2.05) is 42.6 Å². The molecule has 1 aliphatic carbocycles. The van der Waals surface area contributed by atoms with Crippen molar-refractivity contribution in [2.24, 2.45) is 0 Å². The third kappa shape index (κ3) is 2.97. The van der Waals surface area contributed by atoms with E-state index in [2.05, 4.69) is 11.1 Å². The van der Waals surface area contributed by atoms with Crippen molar-refractivity contribution in [3.05, 3.63) is 65.5 Å². The van der Waals surface area contributed by atoms with Gasteiger partial charge in [0.05, 0.1) is 5.92 Å². The summed E-state index contributed by atoms with van der Waals surface area (Å²) in [5.74, 6) is -0.954. The molecule has 3 heteroatoms. The maximum absolute atomic E-state index is 11.7. The van der Waals surface area contributed by atoms with Crippen LogP contribution in [0.3, 0.4) is 0 Å². The smallest absolute Gasteiger partial charge is 0.310 e. The molecule has 2 atom stereocenters. The van der Waals surface area contributed by atoms with Crippen LogP contribution >= 0.6 is 0 Å². The first kappa shape index (κ1) is 13.8. The summed E-state index contributed by atoms with van der Waals surface area (Å²) in [6, 6.07) is 13.6. The molecule has 3 nitrogen and oxygen atoms in total. The van der Waals surface area contributed by atoms with Crippen molar-refractivity contribution in [3.8, 4) is 0 Å². The number of fused-ring (bicyclic) bond motifs is 1. The fraction of sp³-hybridized carbons (Fsp3) is 0.333. The highest BCUT2D eigenvalue weighted by molar-refractivity contribution is 5.76. The molecule has 1 aliphatic rings. The second kappa shape index (κ2) is 6.08. The zero-order chi connectivity index (χ0) is 14.7. The molecule has 0 saturated carbocycles. The minimum atomic E-state index is -0.746. The first-order chi connectivity index (χ1) is 10.3. The van der Waals surface area contributed by atoms with E-state index in [0.717, 1.165) is 30.5 Å². The van der Waals surface area contributed by atoms with Crippen molar-refractivity contribution in [1.82, 2.24) is 4.98 Å². The van der Waals surface area contributed by atoms with Crippen LogP contribution in [0, 0.1) is 0 Å². The van der Waals surface area contributed by atoms with Crippen LogP contribution in [-0.2, 0) is 11.2 Å². The Morgan fingerprint density at radius 2 is 2.05 bits per heavy atom. The van der Waals surface area contributed by atoms with E-state index in [1.165, 1.54) is 5.56 Å². The summed E-state index contributed by atoms with van der Waals surface area (Å²) in [6.07, 6.45) is 5.65. The maximum atomic E-state index is 11.7. The zero-order valence-electron chi connectivity index (χ0n) is 11.9. The van der Waals surface area contributed by atoms with Crippen LogP contribution in [-0.4, -0.2) is 16.1 Å². The van der Waals surface area contributed by atoms with E-state index in [0.29, 0.717) is 6.42 Å². The van der Waals surface area contributed by atoms with Crippen molar-refractivity contribution in [2.75, 3.05) is 0 Å². The van der Waals surface area contributed by atoms with Crippen LogP contribution in [0.5, 0.6) is 0 Å². The number of hydrogen-bond acceptors (Lipinski definition) is 2. The van der Waals surface area contributed by atoms with Gasteiger partial charge >= 0.3 is 5.97 Å². The Morgan fingerprint density at radius 1 is 1.24 bits per heavy atom. The number of carbonyl (C=O) groups is 1. The number of carboxylic acid groups (broad SMARTS) is 1. The van der Waals surface area contributed by atoms with Crippen molar-refractivity contribution >= 4 is 5.97 Å². The lowest BCUT2D eigenvalue weighted by atomic mass is 9.79. The lowest BCUT2D eigenvalue weighted by molar-refractivity contribution is -0.139. The number of rotatable bonds is 4. The van der Waals surface area contributed by atoms with Crippen LogP contribution in [0.25, 0.3) is 0 Å². The largest absolute Gasteiger partial charge is 0.481 e. The zero-order valence-corrected chi connectivity index (χ0v) is 11.9. The molecule has 0 amide bonds. The minimum absolute atomic E-state index is 0.247. The topological polar surface area (TPSA) is 50.2 Å². The Balaban J connectivity index is 1.86. The van der Waals surface area contributed by atoms with Gasteiger partial charge in [0.15, 0.2) is 0 Å². The highest BCUT2D eigenvalue weighted by Crippen LogP contribution is 2.37. The maximum Gasteiger partial charge on any atom is 0.310 e. The standard InChI is InChI=1S/C18H19NO2/c20-18(21)16(13-6-2-1-3-7-13)12-15-9-4-8-14-10-5-11-19-17(14)15/h1-3,5-7,10-11,15-16H,4,8-9,12H2,(H,20,21). The number of aliphatic carboxylic acids is 1. The molecule has 0 spiro atoms. The summed E-state index contributed by atoms with van der Waals surface area (Å²) in [5, 5.41) is 9.58. The molecule has 3 rings (SSSR count). The van der Waals surface area contributed by atoms with E-state index >= 15 is 0 Å². The Labute approximate surface area is 124 Å². The highest BCUT2D eigenvalue weighted by Gasteiger charge is 2.28. The van der Waals surface area contributed by atoms with Gasteiger partial charge in [0.25, 0.3) is 0 Å². The van der Waals surface area contributed by atoms with E-state index < -0.39 is 11.9 Å². The molecular formula is C18H19NO2. The number of carboxylic acids is 1. The average molecular weight is 281 g/mol. The summed E-state index contributed by atoms with van der Waals surface area (Å²) >= 11 is 0. The number of aromatic nitrogens is 1. The lowest BCUT2D eigenvalue weighted by Crippen LogP contribution is -2.19. The summed E-state index contributed by atoms with van der Waals surface area (Å²) in [5.41, 5.74) is 3.27. The Hall–Kier alpha value is -2.16. The molecule has 1 aromatic carbocycles. The Morgan fingerprint density at radius 3 is 2.81 bits per heavy atom. The molecule has 2 aromatic rings. The van der Waals surface area contributed by atoms with E-state index in [1.54, 1.807) is 0 Å². The molecule has 0 aliphatic heterocycles. The van der Waals surface area contributed by atoms with Crippen molar-refractivity contribution in [3.63, 3.8) is 0 Å². The normalized spacial score (nSPS) is 18.8. The van der Waals surface area contributed by atoms with Crippen LogP contribution in [0.4, 0.5) is 0 Å². The molecule has 108 valence electrons. The van der Waals surface area contributed by atoms with Crippen LogP contribution in [0.1, 0.15) is 47.9 Å². The van der Waals surface area contributed by atoms with Gasteiger partial charge in [-0.25, -0.2) is 0 Å². The number of aryl methyl sites for hydroxylation is 1. The van der Waals surface area contributed by atoms with Crippen molar-refractivity contribution in [1.29, 1.82) is 0 Å². The Kier molecular flexibility index (Phi) is 4.00. The van der Waals surface area contributed by atoms with Gasteiger partial charge in [0.2, 0.25) is 0 Å². The fourth-order valence-corrected chi connectivity index (χ4v) is 3.28. The highest BCUT2D eigenvalue weighted by atomic mass is 16.4. The first-order valence-corrected chi connectivity index (χ1v) is 7.47. The van der Waals surface area contributed by atoms with Crippen LogP contribution < -0.4 is 0 Å². The van der Waals surface area contributed by atoms with Gasteiger partial charge in [0.1, 0.15) is 0 Å². The molecule has 1 heterocycles. The predicted molar refractivity (Wildman–Crippen MR) is 81.4 cm³/mol. The second-order valence-corrected chi connectivity index (χ2v) is 5.67. The molecule has 1 aromatic heterocycles. The molecule has 0 saturated heterocycles. The van der Waals surface area contributed by atoms with Crippen LogP contribution in [0.2, 0.25) is 0 Å². The Bertz CT molecular complexity index is 624. The lowest BCUT2D eigenvalue weighted by Gasteiger charge is -2.26. The summed E-state index contributed by atoms with van der Waals surface area (Å²) < 4.78 is 0. The van der Waals surface area contributed by atoms with Crippen molar-refractivity contribution in [2.45, 2.75) is 37.5 Å². The quantitative estimate of drug-likeness (QED) is 0.928. The van der Waals surface area contributed by atoms with Gasteiger partial charge in [-0.15, -0.1) is 0 Å². The molecular weight excluding hydrogens is 262 g/mol. The number of hydrogen-bond donors (Lipinski definition) is 1. The third-order valence-corrected chi connectivity index (χ3v) is 4.33. The predicted octanol–water partition coefficient (Wildman–Crippen LogP) is 3.76. The molecule has 0 bridgehead atoms. The SMILES string of the molecule is O=C(O)C(CC1CCCc2cccnc21)c1ccccc1. The van der Waals surface area contributed by atoms with Gasteiger partial charge in [-0.05, 0) is 42.9 Å². The second-order valence-electron chi connectivity index (χ2n) is 5.67. The average Bonchev–Trinajstić information content (AvgIpc) is 2.53.